The molecule has 0 bridgehead atoms. The Morgan fingerprint density at radius 3 is 2.67 bits per heavy atom. The molecule has 0 aliphatic heterocycles. The van der Waals surface area contributed by atoms with Crippen LogP contribution >= 0.6 is 27.7 Å². The van der Waals surface area contributed by atoms with E-state index in [-0.39, 0.29) is 0 Å². The zero-order valence-electron chi connectivity index (χ0n) is 14.6. The van der Waals surface area contributed by atoms with Crippen molar-refractivity contribution in [2.75, 3.05) is 0 Å². The first-order valence-electron chi connectivity index (χ1n) is 8.18. The zero-order chi connectivity index (χ0) is 18.8. The van der Waals surface area contributed by atoms with Crippen molar-refractivity contribution < 1.29 is 4.42 Å². The molecule has 0 fully saturated rings. The minimum Gasteiger partial charge on any atom is -0.420 e. The standard InChI is InChI=1S/C18H15BrN6OS/c1-11-4-3-5-15(12(11)2)25-18(22-23-24-25)27-10-16-20-21-17(26-16)13-6-8-14(19)9-7-13/h3-9H,10H2,1-2H3. The van der Waals surface area contributed by atoms with Crippen LogP contribution in [-0.2, 0) is 5.75 Å². The number of aromatic nitrogens is 6. The molecule has 0 aliphatic rings. The summed E-state index contributed by atoms with van der Waals surface area (Å²) >= 11 is 4.86. The molecule has 27 heavy (non-hydrogen) atoms. The molecular formula is C18H15BrN6OS. The van der Waals surface area contributed by atoms with E-state index in [1.807, 2.05) is 36.4 Å². The molecule has 136 valence electrons. The highest BCUT2D eigenvalue weighted by molar-refractivity contribution is 9.10. The van der Waals surface area contributed by atoms with Gasteiger partial charge in [-0.05, 0) is 65.7 Å². The van der Waals surface area contributed by atoms with Crippen LogP contribution in [0.2, 0.25) is 0 Å². The molecule has 0 spiro atoms. The number of benzene rings is 2. The third kappa shape index (κ3) is 3.79. The van der Waals surface area contributed by atoms with Gasteiger partial charge in [-0.15, -0.1) is 15.3 Å². The van der Waals surface area contributed by atoms with Gasteiger partial charge in [0.25, 0.3) is 0 Å². The van der Waals surface area contributed by atoms with Gasteiger partial charge in [0.1, 0.15) is 0 Å². The Kier molecular flexibility index (Phi) is 5.04. The molecule has 0 saturated heterocycles. The van der Waals surface area contributed by atoms with E-state index in [0.29, 0.717) is 22.7 Å². The van der Waals surface area contributed by atoms with Crippen molar-refractivity contribution in [3.8, 4) is 17.1 Å². The Labute approximate surface area is 168 Å². The van der Waals surface area contributed by atoms with Crippen molar-refractivity contribution in [1.29, 1.82) is 0 Å². The second-order valence-electron chi connectivity index (χ2n) is 5.89. The van der Waals surface area contributed by atoms with E-state index in [4.69, 9.17) is 4.42 Å². The van der Waals surface area contributed by atoms with E-state index in [9.17, 15) is 0 Å². The van der Waals surface area contributed by atoms with Gasteiger partial charge in [-0.1, -0.05) is 39.8 Å². The van der Waals surface area contributed by atoms with Crippen molar-refractivity contribution in [2.24, 2.45) is 0 Å². The molecule has 0 atom stereocenters. The lowest BCUT2D eigenvalue weighted by Crippen LogP contribution is -2.02. The quantitative estimate of drug-likeness (QED) is 0.423. The fourth-order valence-corrected chi connectivity index (χ4v) is 3.52. The molecule has 0 saturated carbocycles. The van der Waals surface area contributed by atoms with Gasteiger partial charge in [-0.3, -0.25) is 0 Å². The molecule has 4 rings (SSSR count). The lowest BCUT2D eigenvalue weighted by Gasteiger charge is -2.08. The molecule has 7 nitrogen and oxygen atoms in total. The number of hydrogen-bond acceptors (Lipinski definition) is 7. The molecule has 2 heterocycles. The maximum Gasteiger partial charge on any atom is 0.247 e. The predicted molar refractivity (Wildman–Crippen MR) is 106 cm³/mol. The normalized spacial score (nSPS) is 11.1. The number of thioether (sulfide) groups is 1. The molecule has 0 aliphatic carbocycles. The maximum absolute atomic E-state index is 5.76. The summed E-state index contributed by atoms with van der Waals surface area (Å²) in [6.07, 6.45) is 0. The number of halogens is 1. The third-order valence-electron chi connectivity index (χ3n) is 4.13. The summed E-state index contributed by atoms with van der Waals surface area (Å²) in [6, 6.07) is 13.8. The van der Waals surface area contributed by atoms with Crippen LogP contribution in [0.4, 0.5) is 0 Å². The number of aryl methyl sites for hydroxylation is 1. The van der Waals surface area contributed by atoms with E-state index in [0.717, 1.165) is 21.3 Å². The largest absolute Gasteiger partial charge is 0.420 e. The summed E-state index contributed by atoms with van der Waals surface area (Å²) in [5.41, 5.74) is 4.17. The average Bonchev–Trinajstić information content (AvgIpc) is 3.32. The Morgan fingerprint density at radius 2 is 1.85 bits per heavy atom. The van der Waals surface area contributed by atoms with Crippen LogP contribution in [0.1, 0.15) is 17.0 Å². The Balaban J connectivity index is 1.51. The molecule has 2 aromatic heterocycles. The van der Waals surface area contributed by atoms with Gasteiger partial charge in [0.2, 0.25) is 16.9 Å². The second kappa shape index (κ2) is 7.61. The highest BCUT2D eigenvalue weighted by atomic mass is 79.9. The third-order valence-corrected chi connectivity index (χ3v) is 5.56. The van der Waals surface area contributed by atoms with Crippen molar-refractivity contribution in [1.82, 2.24) is 30.4 Å². The summed E-state index contributed by atoms with van der Waals surface area (Å²) in [6.45, 7) is 4.13. The van der Waals surface area contributed by atoms with Crippen LogP contribution in [-0.4, -0.2) is 30.4 Å². The number of rotatable bonds is 5. The SMILES string of the molecule is Cc1cccc(-n2nnnc2SCc2nnc(-c3ccc(Br)cc3)o2)c1C. The van der Waals surface area contributed by atoms with Gasteiger partial charge < -0.3 is 4.42 Å². The Bertz CT molecular complexity index is 1080. The number of nitrogens with zero attached hydrogens (tertiary/aromatic N) is 6. The Hall–Kier alpha value is -2.52. The van der Waals surface area contributed by atoms with Gasteiger partial charge in [-0.25, -0.2) is 0 Å². The van der Waals surface area contributed by atoms with Gasteiger partial charge in [0.15, 0.2) is 0 Å². The first-order valence-corrected chi connectivity index (χ1v) is 9.96. The van der Waals surface area contributed by atoms with E-state index in [1.54, 1.807) is 4.68 Å². The van der Waals surface area contributed by atoms with Crippen molar-refractivity contribution in [3.63, 3.8) is 0 Å². The zero-order valence-corrected chi connectivity index (χ0v) is 17.0. The van der Waals surface area contributed by atoms with Crippen molar-refractivity contribution in [2.45, 2.75) is 24.8 Å². The van der Waals surface area contributed by atoms with Gasteiger partial charge in [0.05, 0.1) is 11.4 Å². The maximum atomic E-state index is 5.76. The average molecular weight is 443 g/mol. The van der Waals surface area contributed by atoms with E-state index >= 15 is 0 Å². The van der Waals surface area contributed by atoms with Crippen LogP contribution < -0.4 is 0 Å². The van der Waals surface area contributed by atoms with Gasteiger partial charge in [0, 0.05) is 10.0 Å². The van der Waals surface area contributed by atoms with E-state index in [2.05, 4.69) is 61.6 Å². The molecule has 0 N–H and O–H groups in total. The number of hydrogen-bond donors (Lipinski definition) is 0. The topological polar surface area (TPSA) is 82.5 Å². The molecule has 9 heteroatoms. The van der Waals surface area contributed by atoms with Crippen LogP contribution in [0.15, 0.2) is 56.5 Å². The highest BCUT2D eigenvalue weighted by Crippen LogP contribution is 2.26. The molecule has 0 amide bonds. The van der Waals surface area contributed by atoms with Crippen molar-refractivity contribution in [3.05, 3.63) is 64.0 Å². The van der Waals surface area contributed by atoms with Gasteiger partial charge in [-0.2, -0.15) is 4.68 Å². The first-order chi connectivity index (χ1) is 13.1. The lowest BCUT2D eigenvalue weighted by atomic mass is 10.1. The Morgan fingerprint density at radius 1 is 1.04 bits per heavy atom. The summed E-state index contributed by atoms with van der Waals surface area (Å²) in [5, 5.41) is 21.0. The van der Waals surface area contributed by atoms with Crippen molar-refractivity contribution >= 4 is 27.7 Å². The predicted octanol–water partition coefficient (Wildman–Crippen LogP) is 4.38. The molecule has 2 aromatic carbocycles. The van der Waals surface area contributed by atoms with Crippen LogP contribution in [0.25, 0.3) is 17.1 Å². The van der Waals surface area contributed by atoms with Crippen LogP contribution in [0.5, 0.6) is 0 Å². The second-order valence-corrected chi connectivity index (χ2v) is 7.75. The molecular weight excluding hydrogens is 428 g/mol. The van der Waals surface area contributed by atoms with Crippen LogP contribution in [0, 0.1) is 13.8 Å². The fourth-order valence-electron chi connectivity index (χ4n) is 2.53. The highest BCUT2D eigenvalue weighted by Gasteiger charge is 2.14. The first kappa shape index (κ1) is 17.9. The smallest absolute Gasteiger partial charge is 0.247 e. The molecule has 0 unspecified atom stereocenters. The van der Waals surface area contributed by atoms with E-state index < -0.39 is 0 Å². The minimum absolute atomic E-state index is 0.481. The summed E-state index contributed by atoms with van der Waals surface area (Å²) in [7, 11) is 0. The molecule has 4 aromatic rings. The summed E-state index contributed by atoms with van der Waals surface area (Å²) in [5.74, 6) is 1.50. The number of tetrazole rings is 1. The summed E-state index contributed by atoms with van der Waals surface area (Å²) in [4.78, 5) is 0. The molecule has 0 radical (unpaired) electrons. The fraction of sp³-hybridized carbons (Fsp3) is 0.167. The van der Waals surface area contributed by atoms with Crippen LogP contribution in [0.3, 0.4) is 0 Å². The lowest BCUT2D eigenvalue weighted by molar-refractivity contribution is 0.528. The van der Waals surface area contributed by atoms with E-state index in [1.165, 1.54) is 17.3 Å². The monoisotopic (exact) mass is 442 g/mol. The summed E-state index contributed by atoms with van der Waals surface area (Å²) < 4.78 is 8.50. The minimum atomic E-state index is 0.481. The van der Waals surface area contributed by atoms with Gasteiger partial charge >= 0.3 is 0 Å².